The first kappa shape index (κ1) is 20.2. The van der Waals surface area contributed by atoms with Gasteiger partial charge in [-0.2, -0.15) is 13.9 Å². The molecule has 0 spiro atoms. The Bertz CT molecular complexity index is 1010. The number of nitrogens with zero attached hydrogens (tertiary/aromatic N) is 3. The zero-order valence-corrected chi connectivity index (χ0v) is 16.6. The van der Waals surface area contributed by atoms with E-state index in [0.29, 0.717) is 17.1 Å². The van der Waals surface area contributed by atoms with Gasteiger partial charge in [0.25, 0.3) is 0 Å². The summed E-state index contributed by atoms with van der Waals surface area (Å²) in [5.74, 6) is 0.683. The van der Waals surface area contributed by atoms with Crippen LogP contribution in [0.2, 0.25) is 10.2 Å². The molecule has 10 heteroatoms. The second-order valence-electron chi connectivity index (χ2n) is 5.71. The minimum absolute atomic E-state index is 0.0833. The van der Waals surface area contributed by atoms with Crippen LogP contribution in [0.15, 0.2) is 30.3 Å². The Hall–Kier alpha value is -2.58. The van der Waals surface area contributed by atoms with E-state index in [2.05, 4.69) is 14.8 Å². The van der Waals surface area contributed by atoms with Crippen LogP contribution in [0.1, 0.15) is 5.56 Å². The summed E-state index contributed by atoms with van der Waals surface area (Å²) in [4.78, 5) is 4.18. The highest BCUT2D eigenvalue weighted by molar-refractivity contribution is 6.34. The highest BCUT2D eigenvalue weighted by atomic mass is 35.5. The average Bonchev–Trinajstić information content (AvgIpc) is 2.90. The fourth-order valence-electron chi connectivity index (χ4n) is 2.51. The Morgan fingerprint density at radius 1 is 1.11 bits per heavy atom. The first-order chi connectivity index (χ1) is 13.3. The summed E-state index contributed by atoms with van der Waals surface area (Å²) in [6, 6.07) is 8.46. The van der Waals surface area contributed by atoms with E-state index in [1.165, 1.54) is 20.2 Å². The number of methoxy groups -OCH3 is 1. The molecule has 0 aliphatic carbocycles. The van der Waals surface area contributed by atoms with Gasteiger partial charge >= 0.3 is 6.61 Å². The van der Waals surface area contributed by atoms with Crippen molar-refractivity contribution in [2.75, 3.05) is 7.11 Å². The largest absolute Gasteiger partial charge is 0.493 e. The van der Waals surface area contributed by atoms with E-state index in [4.69, 9.17) is 32.7 Å². The lowest BCUT2D eigenvalue weighted by atomic mass is 10.2. The van der Waals surface area contributed by atoms with Crippen LogP contribution in [0.4, 0.5) is 8.78 Å². The molecule has 0 saturated carbocycles. The highest BCUT2D eigenvalue weighted by Gasteiger charge is 2.24. The number of alkyl halides is 2. The Balaban J connectivity index is 2.09. The molecule has 3 aromatic rings. The van der Waals surface area contributed by atoms with Crippen LogP contribution in [-0.4, -0.2) is 28.5 Å². The predicted octanol–water partition coefficient (Wildman–Crippen LogP) is 5.50. The fraction of sp³-hybridized carbons (Fsp3) is 0.222. The van der Waals surface area contributed by atoms with Gasteiger partial charge in [-0.25, -0.2) is 9.67 Å². The minimum atomic E-state index is -3.05. The Morgan fingerprint density at radius 2 is 1.86 bits per heavy atom. The summed E-state index contributed by atoms with van der Waals surface area (Å²) < 4.78 is 42.1. The van der Waals surface area contributed by atoms with Crippen molar-refractivity contribution in [2.45, 2.75) is 13.5 Å². The van der Waals surface area contributed by atoms with Crippen molar-refractivity contribution in [1.29, 1.82) is 0 Å². The Labute approximate surface area is 169 Å². The van der Waals surface area contributed by atoms with E-state index < -0.39 is 6.61 Å². The molecule has 0 bridgehead atoms. The van der Waals surface area contributed by atoms with E-state index in [1.807, 2.05) is 13.0 Å². The number of ether oxygens (including phenoxy) is 3. The van der Waals surface area contributed by atoms with E-state index >= 15 is 0 Å². The Kier molecular flexibility index (Phi) is 5.90. The molecule has 1 aromatic carbocycles. The van der Waals surface area contributed by atoms with Gasteiger partial charge in [-0.15, -0.1) is 0 Å². The Morgan fingerprint density at radius 3 is 2.54 bits per heavy atom. The number of aryl methyl sites for hydroxylation is 2. The highest BCUT2D eigenvalue weighted by Crippen LogP contribution is 2.41. The first-order valence-corrected chi connectivity index (χ1v) is 8.72. The van der Waals surface area contributed by atoms with Crippen molar-refractivity contribution in [3.63, 3.8) is 0 Å². The molecule has 0 radical (unpaired) electrons. The molecular formula is C18H15Cl2F2N3O3. The molecule has 0 aliphatic heterocycles. The molecular weight excluding hydrogens is 415 g/mol. The van der Waals surface area contributed by atoms with Gasteiger partial charge in [-0.05, 0) is 36.8 Å². The number of hydrogen-bond donors (Lipinski definition) is 0. The molecule has 28 heavy (non-hydrogen) atoms. The number of hydrogen-bond acceptors (Lipinski definition) is 5. The maximum absolute atomic E-state index is 12.6. The van der Waals surface area contributed by atoms with Crippen LogP contribution in [0, 0.1) is 6.92 Å². The molecule has 0 fully saturated rings. The summed E-state index contributed by atoms with van der Waals surface area (Å²) >= 11 is 12.2. The molecule has 0 saturated heterocycles. The molecule has 148 valence electrons. The second-order valence-corrected chi connectivity index (χ2v) is 6.48. The van der Waals surface area contributed by atoms with Gasteiger partial charge in [0.2, 0.25) is 11.8 Å². The smallest absolute Gasteiger partial charge is 0.388 e. The van der Waals surface area contributed by atoms with Crippen molar-refractivity contribution in [1.82, 2.24) is 14.8 Å². The van der Waals surface area contributed by atoms with Gasteiger partial charge in [0.15, 0.2) is 11.5 Å². The summed E-state index contributed by atoms with van der Waals surface area (Å²) in [7, 11) is 2.94. The summed E-state index contributed by atoms with van der Waals surface area (Å²) in [5, 5.41) is 4.22. The van der Waals surface area contributed by atoms with Gasteiger partial charge in [0.05, 0.1) is 12.7 Å². The summed E-state index contributed by atoms with van der Waals surface area (Å²) in [6.45, 7) is -1.15. The molecule has 0 unspecified atom stereocenters. The van der Waals surface area contributed by atoms with E-state index in [-0.39, 0.29) is 27.6 Å². The van der Waals surface area contributed by atoms with Crippen LogP contribution in [0.5, 0.6) is 23.3 Å². The lowest BCUT2D eigenvalue weighted by Crippen LogP contribution is -2.06. The van der Waals surface area contributed by atoms with E-state index in [9.17, 15) is 8.78 Å². The maximum atomic E-state index is 12.6. The van der Waals surface area contributed by atoms with Gasteiger partial charge < -0.3 is 14.2 Å². The van der Waals surface area contributed by atoms with Gasteiger partial charge in [0, 0.05) is 7.05 Å². The standard InChI is InChI=1S/C18H15Cl2F2N3O3/c1-9-4-6-11(26-3)12(8-9)27-16-10(5-7-13(19)23-16)15-14(20)17(25(2)24-15)28-18(21)22/h4-8,18H,1-3H3. The van der Waals surface area contributed by atoms with Crippen LogP contribution < -0.4 is 14.2 Å². The van der Waals surface area contributed by atoms with Crippen LogP contribution in [-0.2, 0) is 7.05 Å². The lowest BCUT2D eigenvalue weighted by molar-refractivity contribution is -0.0552. The lowest BCUT2D eigenvalue weighted by Gasteiger charge is -2.13. The third-order valence-corrected chi connectivity index (χ3v) is 4.30. The molecule has 0 amide bonds. The number of rotatable bonds is 6. The van der Waals surface area contributed by atoms with Gasteiger partial charge in [0.1, 0.15) is 15.9 Å². The van der Waals surface area contributed by atoms with Crippen molar-refractivity contribution < 1.29 is 23.0 Å². The zero-order valence-electron chi connectivity index (χ0n) is 15.0. The van der Waals surface area contributed by atoms with E-state index in [1.54, 1.807) is 18.2 Å². The summed E-state index contributed by atoms with van der Waals surface area (Å²) in [5.41, 5.74) is 1.44. The predicted molar refractivity (Wildman–Crippen MR) is 101 cm³/mol. The van der Waals surface area contributed by atoms with Crippen molar-refractivity contribution >= 4 is 23.2 Å². The van der Waals surface area contributed by atoms with Crippen LogP contribution in [0.3, 0.4) is 0 Å². The average molecular weight is 430 g/mol. The molecule has 2 aromatic heterocycles. The molecule has 3 rings (SSSR count). The molecule has 6 nitrogen and oxygen atoms in total. The van der Waals surface area contributed by atoms with Crippen molar-refractivity contribution in [3.8, 4) is 34.5 Å². The van der Waals surface area contributed by atoms with Gasteiger partial charge in [-0.3, -0.25) is 0 Å². The second kappa shape index (κ2) is 8.20. The monoisotopic (exact) mass is 429 g/mol. The molecule has 0 atom stereocenters. The molecule has 2 heterocycles. The third kappa shape index (κ3) is 4.13. The number of halogens is 4. The zero-order chi connectivity index (χ0) is 20.4. The van der Waals surface area contributed by atoms with Crippen LogP contribution in [0.25, 0.3) is 11.3 Å². The summed E-state index contributed by atoms with van der Waals surface area (Å²) in [6.07, 6.45) is 0. The quantitative estimate of drug-likeness (QED) is 0.484. The first-order valence-electron chi connectivity index (χ1n) is 7.97. The number of aromatic nitrogens is 3. The maximum Gasteiger partial charge on any atom is 0.388 e. The van der Waals surface area contributed by atoms with E-state index in [0.717, 1.165) is 10.2 Å². The van der Waals surface area contributed by atoms with Crippen molar-refractivity contribution in [3.05, 3.63) is 46.1 Å². The minimum Gasteiger partial charge on any atom is -0.493 e. The number of benzene rings is 1. The normalized spacial score (nSPS) is 11.0. The number of pyridine rings is 1. The molecule has 0 aliphatic rings. The third-order valence-electron chi connectivity index (χ3n) is 3.75. The molecule has 0 N–H and O–H groups in total. The topological polar surface area (TPSA) is 58.4 Å². The fourth-order valence-corrected chi connectivity index (χ4v) is 2.96. The van der Waals surface area contributed by atoms with Gasteiger partial charge in [-0.1, -0.05) is 29.3 Å². The van der Waals surface area contributed by atoms with Crippen LogP contribution >= 0.6 is 23.2 Å². The SMILES string of the molecule is COc1ccc(C)cc1Oc1nc(Cl)ccc1-c1nn(C)c(OC(F)F)c1Cl. The van der Waals surface area contributed by atoms with Crippen molar-refractivity contribution in [2.24, 2.45) is 7.05 Å².